The second-order valence-corrected chi connectivity index (χ2v) is 6.00. The van der Waals surface area contributed by atoms with Gasteiger partial charge in [0, 0.05) is 17.7 Å². The van der Waals surface area contributed by atoms with E-state index in [4.69, 9.17) is 9.94 Å². The van der Waals surface area contributed by atoms with Crippen molar-refractivity contribution in [2.24, 2.45) is 10.3 Å². The minimum atomic E-state index is 0.564. The highest BCUT2D eigenvalue weighted by Gasteiger charge is 2.23. The minimum absolute atomic E-state index is 0.564. The smallest absolute Gasteiger partial charge is 0.226 e. The Hall–Kier alpha value is -2.27. The molecule has 0 spiro atoms. The number of hydrogen-bond donors (Lipinski definition) is 0. The standard InChI is InChI=1S/C17H15N3OS/c1-2-7-14(8-3-1)16-15-9-5-4-6-13(15)10-11-20(18-16)17-19-21-12-22-17/h1-9H,10-12H2. The van der Waals surface area contributed by atoms with Gasteiger partial charge in [-0.25, -0.2) is 5.01 Å². The fourth-order valence-electron chi connectivity index (χ4n) is 2.68. The van der Waals surface area contributed by atoms with Crippen molar-refractivity contribution in [3.8, 4) is 0 Å². The summed E-state index contributed by atoms with van der Waals surface area (Å²) in [4.78, 5) is 5.11. The maximum Gasteiger partial charge on any atom is 0.226 e. The monoisotopic (exact) mass is 309 g/mol. The number of amidine groups is 1. The Morgan fingerprint density at radius 2 is 1.82 bits per heavy atom. The molecule has 0 fully saturated rings. The predicted molar refractivity (Wildman–Crippen MR) is 89.9 cm³/mol. The number of benzene rings is 2. The number of hydrogen-bond acceptors (Lipinski definition) is 5. The molecule has 2 aliphatic rings. The van der Waals surface area contributed by atoms with E-state index < -0.39 is 0 Å². The highest BCUT2D eigenvalue weighted by Crippen LogP contribution is 2.24. The van der Waals surface area contributed by atoms with Gasteiger partial charge >= 0.3 is 0 Å². The van der Waals surface area contributed by atoms with Crippen LogP contribution >= 0.6 is 11.8 Å². The van der Waals surface area contributed by atoms with Crippen LogP contribution < -0.4 is 0 Å². The minimum Gasteiger partial charge on any atom is -0.382 e. The van der Waals surface area contributed by atoms with Crippen LogP contribution in [-0.2, 0) is 11.3 Å². The summed E-state index contributed by atoms with van der Waals surface area (Å²) in [6.07, 6.45) is 0.940. The van der Waals surface area contributed by atoms with E-state index in [1.54, 1.807) is 11.8 Å². The van der Waals surface area contributed by atoms with Crippen LogP contribution in [0.5, 0.6) is 0 Å². The van der Waals surface area contributed by atoms with Gasteiger partial charge < -0.3 is 4.84 Å². The molecular weight excluding hydrogens is 294 g/mol. The first-order valence-corrected chi connectivity index (χ1v) is 8.23. The molecule has 0 aromatic heterocycles. The van der Waals surface area contributed by atoms with Crippen molar-refractivity contribution in [1.82, 2.24) is 5.01 Å². The van der Waals surface area contributed by atoms with Gasteiger partial charge in [0.1, 0.15) is 0 Å². The summed E-state index contributed by atoms with van der Waals surface area (Å²) in [6, 6.07) is 18.8. The van der Waals surface area contributed by atoms with Crippen molar-refractivity contribution < 1.29 is 4.84 Å². The maximum atomic E-state index is 5.11. The Morgan fingerprint density at radius 1 is 1.00 bits per heavy atom. The molecule has 0 N–H and O–H groups in total. The van der Waals surface area contributed by atoms with Crippen LogP contribution in [0.2, 0.25) is 0 Å². The molecule has 0 atom stereocenters. The third kappa shape index (κ3) is 2.48. The SMILES string of the molecule is c1ccc(C2=NN(C3=NOCS3)CCc3ccccc32)cc1. The molecule has 0 saturated carbocycles. The lowest BCUT2D eigenvalue weighted by Crippen LogP contribution is -2.24. The Labute approximate surface area is 133 Å². The summed E-state index contributed by atoms with van der Waals surface area (Å²) in [5, 5.41) is 11.8. The first-order chi connectivity index (χ1) is 10.9. The molecule has 0 saturated heterocycles. The second kappa shape index (κ2) is 5.85. The molecule has 2 aromatic rings. The van der Waals surface area contributed by atoms with Crippen molar-refractivity contribution >= 4 is 22.6 Å². The molecule has 110 valence electrons. The van der Waals surface area contributed by atoms with Gasteiger partial charge in [-0.2, -0.15) is 5.10 Å². The summed E-state index contributed by atoms with van der Waals surface area (Å²) >= 11 is 1.58. The molecular formula is C17H15N3OS. The molecule has 4 nitrogen and oxygen atoms in total. The number of oxime groups is 1. The number of fused-ring (bicyclic) bond motifs is 1. The second-order valence-electron chi connectivity index (χ2n) is 5.11. The molecule has 2 aromatic carbocycles. The molecule has 4 rings (SSSR count). The molecule has 5 heteroatoms. The van der Waals surface area contributed by atoms with Crippen molar-refractivity contribution in [1.29, 1.82) is 0 Å². The molecule has 22 heavy (non-hydrogen) atoms. The van der Waals surface area contributed by atoms with Crippen molar-refractivity contribution in [3.63, 3.8) is 0 Å². The quantitative estimate of drug-likeness (QED) is 0.811. The Kier molecular flexibility index (Phi) is 3.56. The van der Waals surface area contributed by atoms with E-state index in [1.807, 2.05) is 23.2 Å². The first-order valence-electron chi connectivity index (χ1n) is 7.24. The maximum absolute atomic E-state index is 5.11. The first kappa shape index (κ1) is 13.4. The summed E-state index contributed by atoms with van der Waals surface area (Å²) in [5.74, 6) is 0.564. The van der Waals surface area contributed by atoms with Crippen LogP contribution in [0.15, 0.2) is 64.9 Å². The lowest BCUT2D eigenvalue weighted by atomic mass is 9.96. The highest BCUT2D eigenvalue weighted by atomic mass is 32.2. The lowest BCUT2D eigenvalue weighted by molar-refractivity contribution is 0.200. The fraction of sp³-hybridized carbons (Fsp3) is 0.176. The van der Waals surface area contributed by atoms with E-state index in [0.717, 1.165) is 29.4 Å². The van der Waals surface area contributed by atoms with Gasteiger partial charge in [0.05, 0.1) is 5.71 Å². The predicted octanol–water partition coefficient (Wildman–Crippen LogP) is 3.29. The van der Waals surface area contributed by atoms with Crippen molar-refractivity contribution in [3.05, 3.63) is 71.3 Å². The Morgan fingerprint density at radius 3 is 2.64 bits per heavy atom. The normalized spacial score (nSPS) is 17.2. The van der Waals surface area contributed by atoms with E-state index in [0.29, 0.717) is 5.94 Å². The topological polar surface area (TPSA) is 37.2 Å². The fourth-order valence-corrected chi connectivity index (χ4v) is 3.27. The summed E-state index contributed by atoms with van der Waals surface area (Å²) in [5.41, 5.74) is 4.62. The zero-order chi connectivity index (χ0) is 14.8. The van der Waals surface area contributed by atoms with Gasteiger partial charge in [-0.15, -0.1) is 0 Å². The van der Waals surface area contributed by atoms with E-state index >= 15 is 0 Å². The number of nitrogens with zero attached hydrogens (tertiary/aromatic N) is 3. The Balaban J connectivity index is 1.83. The molecule has 0 aliphatic carbocycles. The average Bonchev–Trinajstić information content (AvgIpc) is 3.04. The van der Waals surface area contributed by atoms with Gasteiger partial charge in [-0.3, -0.25) is 0 Å². The van der Waals surface area contributed by atoms with E-state index in [-0.39, 0.29) is 0 Å². The molecule has 0 radical (unpaired) electrons. The molecule has 2 aliphatic heterocycles. The molecule has 0 bridgehead atoms. The van der Waals surface area contributed by atoms with Gasteiger partial charge in [0.25, 0.3) is 0 Å². The van der Waals surface area contributed by atoms with E-state index in [2.05, 4.69) is 41.6 Å². The van der Waals surface area contributed by atoms with Crippen LogP contribution in [0.25, 0.3) is 0 Å². The van der Waals surface area contributed by atoms with E-state index in [9.17, 15) is 0 Å². The van der Waals surface area contributed by atoms with Gasteiger partial charge in [0.2, 0.25) is 5.17 Å². The summed E-state index contributed by atoms with van der Waals surface area (Å²) in [6.45, 7) is 0.808. The van der Waals surface area contributed by atoms with Crippen LogP contribution in [0.4, 0.5) is 0 Å². The summed E-state index contributed by atoms with van der Waals surface area (Å²) < 4.78 is 0. The van der Waals surface area contributed by atoms with Crippen LogP contribution in [-0.4, -0.2) is 28.4 Å². The lowest BCUT2D eigenvalue weighted by Gasteiger charge is -2.15. The Bertz CT molecular complexity index is 743. The van der Waals surface area contributed by atoms with Gasteiger partial charge in [0.15, 0.2) is 5.94 Å². The molecule has 0 unspecified atom stereocenters. The molecule has 0 amide bonds. The number of hydrazone groups is 1. The third-order valence-electron chi connectivity index (χ3n) is 3.74. The molecule has 2 heterocycles. The largest absolute Gasteiger partial charge is 0.382 e. The highest BCUT2D eigenvalue weighted by molar-refractivity contribution is 8.13. The van der Waals surface area contributed by atoms with Gasteiger partial charge in [-0.1, -0.05) is 59.8 Å². The number of rotatable bonds is 1. The van der Waals surface area contributed by atoms with Gasteiger partial charge in [-0.05, 0) is 23.7 Å². The average molecular weight is 309 g/mol. The number of thioether (sulfide) groups is 1. The summed E-state index contributed by atoms with van der Waals surface area (Å²) in [7, 11) is 0. The van der Waals surface area contributed by atoms with Crippen molar-refractivity contribution in [2.45, 2.75) is 6.42 Å². The van der Waals surface area contributed by atoms with Crippen LogP contribution in [0.3, 0.4) is 0 Å². The zero-order valence-corrected chi connectivity index (χ0v) is 12.8. The van der Waals surface area contributed by atoms with Crippen LogP contribution in [0, 0.1) is 0 Å². The van der Waals surface area contributed by atoms with Crippen molar-refractivity contribution in [2.75, 3.05) is 12.5 Å². The van der Waals surface area contributed by atoms with E-state index in [1.165, 1.54) is 11.1 Å². The van der Waals surface area contributed by atoms with Crippen LogP contribution in [0.1, 0.15) is 16.7 Å². The zero-order valence-electron chi connectivity index (χ0n) is 12.0. The third-order valence-corrected chi connectivity index (χ3v) is 4.50.